The van der Waals surface area contributed by atoms with Crippen LogP contribution < -0.4 is 5.32 Å². The molecule has 28 heavy (non-hydrogen) atoms. The Hall–Kier alpha value is -2.57. The van der Waals surface area contributed by atoms with E-state index in [0.717, 1.165) is 11.3 Å². The molecule has 3 rings (SSSR count). The van der Waals surface area contributed by atoms with Crippen LogP contribution in [0.4, 0.5) is 4.39 Å². The molecule has 0 saturated heterocycles. The first-order valence-electron chi connectivity index (χ1n) is 9.17. The number of carbonyl (C=O) groups is 1. The number of nitrogens with zero attached hydrogens (tertiary/aromatic N) is 2. The highest BCUT2D eigenvalue weighted by atomic mass is 32.1. The van der Waals surface area contributed by atoms with Gasteiger partial charge in [-0.25, -0.2) is 4.39 Å². The van der Waals surface area contributed by atoms with Crippen LogP contribution in [-0.4, -0.2) is 36.4 Å². The normalized spacial score (nSPS) is 13.3. The lowest BCUT2D eigenvalue weighted by Gasteiger charge is -2.25. The highest BCUT2D eigenvalue weighted by Crippen LogP contribution is 2.24. The van der Waals surface area contributed by atoms with E-state index in [1.54, 1.807) is 29.7 Å². The molecule has 6 heteroatoms. The third kappa shape index (κ3) is 5.24. The molecule has 0 aliphatic carbocycles. The van der Waals surface area contributed by atoms with E-state index in [9.17, 15) is 9.18 Å². The monoisotopic (exact) mass is 397 g/mol. The number of carbonyl (C=O) groups excluding carboxylic acids is 1. The molecule has 1 amide bonds. The number of rotatable bonds is 8. The number of pyridine rings is 1. The summed E-state index contributed by atoms with van der Waals surface area (Å²) in [5.74, 6) is -0.826. The van der Waals surface area contributed by atoms with Gasteiger partial charge in [0.25, 0.3) is 0 Å². The maximum atomic E-state index is 13.4. The average molecular weight is 398 g/mol. The van der Waals surface area contributed by atoms with Crippen molar-refractivity contribution in [2.24, 2.45) is 0 Å². The minimum Gasteiger partial charge on any atom is -0.354 e. The number of amides is 1. The van der Waals surface area contributed by atoms with Crippen LogP contribution in [0, 0.1) is 5.82 Å². The highest BCUT2D eigenvalue weighted by molar-refractivity contribution is 7.10. The standard InChI is InChI=1S/C22H24FN3OS/c1-26(2)20(21-7-5-13-28-21)15-25-22(27)19(14-18-6-3-4-12-24-18)16-8-10-17(23)11-9-16/h3-13,19-20H,14-15H2,1-2H3,(H,25,27). The van der Waals surface area contributed by atoms with E-state index in [2.05, 4.69) is 21.3 Å². The van der Waals surface area contributed by atoms with Crippen molar-refractivity contribution in [3.63, 3.8) is 0 Å². The molecule has 0 aliphatic heterocycles. The first-order chi connectivity index (χ1) is 13.5. The molecule has 1 N–H and O–H groups in total. The Morgan fingerprint density at radius 3 is 2.54 bits per heavy atom. The van der Waals surface area contributed by atoms with Gasteiger partial charge in [-0.1, -0.05) is 24.3 Å². The Balaban J connectivity index is 1.76. The number of hydrogen-bond donors (Lipinski definition) is 1. The maximum absolute atomic E-state index is 13.4. The van der Waals surface area contributed by atoms with E-state index in [-0.39, 0.29) is 17.8 Å². The van der Waals surface area contributed by atoms with Crippen LogP contribution in [0.15, 0.2) is 66.2 Å². The van der Waals surface area contributed by atoms with Gasteiger partial charge in [0.15, 0.2) is 0 Å². The SMILES string of the molecule is CN(C)C(CNC(=O)C(Cc1ccccn1)c1ccc(F)cc1)c1cccs1. The third-order valence-corrected chi connectivity index (χ3v) is 5.67. The largest absolute Gasteiger partial charge is 0.354 e. The molecule has 0 fully saturated rings. The van der Waals surface area contributed by atoms with Crippen molar-refractivity contribution in [3.8, 4) is 0 Å². The van der Waals surface area contributed by atoms with Crippen molar-refractivity contribution in [2.75, 3.05) is 20.6 Å². The van der Waals surface area contributed by atoms with Crippen molar-refractivity contribution in [2.45, 2.75) is 18.4 Å². The summed E-state index contributed by atoms with van der Waals surface area (Å²) in [6.07, 6.45) is 2.18. The number of hydrogen-bond acceptors (Lipinski definition) is 4. The molecule has 0 spiro atoms. The van der Waals surface area contributed by atoms with Crippen LogP contribution in [0.3, 0.4) is 0 Å². The van der Waals surface area contributed by atoms with Crippen LogP contribution in [0.1, 0.15) is 28.1 Å². The van der Waals surface area contributed by atoms with Crippen LogP contribution >= 0.6 is 11.3 Å². The number of benzene rings is 1. The Kier molecular flexibility index (Phi) is 6.90. The summed E-state index contributed by atoms with van der Waals surface area (Å²) in [7, 11) is 4.00. The molecule has 3 aromatic rings. The second kappa shape index (κ2) is 9.57. The zero-order chi connectivity index (χ0) is 19.9. The van der Waals surface area contributed by atoms with Crippen molar-refractivity contribution < 1.29 is 9.18 Å². The van der Waals surface area contributed by atoms with Crippen molar-refractivity contribution in [3.05, 3.63) is 88.1 Å². The molecule has 0 saturated carbocycles. The second-order valence-electron chi connectivity index (χ2n) is 6.87. The minimum absolute atomic E-state index is 0.0827. The van der Waals surface area contributed by atoms with Crippen LogP contribution in [-0.2, 0) is 11.2 Å². The zero-order valence-corrected chi connectivity index (χ0v) is 16.8. The highest BCUT2D eigenvalue weighted by Gasteiger charge is 2.24. The van der Waals surface area contributed by atoms with Crippen LogP contribution in [0.5, 0.6) is 0 Å². The van der Waals surface area contributed by atoms with E-state index >= 15 is 0 Å². The van der Waals surface area contributed by atoms with Crippen molar-refractivity contribution in [1.29, 1.82) is 0 Å². The smallest absolute Gasteiger partial charge is 0.228 e. The van der Waals surface area contributed by atoms with Gasteiger partial charge in [-0.2, -0.15) is 0 Å². The summed E-state index contributed by atoms with van der Waals surface area (Å²) in [5.41, 5.74) is 1.61. The first-order valence-corrected chi connectivity index (χ1v) is 10.1. The van der Waals surface area contributed by atoms with Gasteiger partial charge < -0.3 is 10.2 Å². The third-order valence-electron chi connectivity index (χ3n) is 4.69. The lowest BCUT2D eigenvalue weighted by molar-refractivity contribution is -0.122. The van der Waals surface area contributed by atoms with Crippen molar-refractivity contribution >= 4 is 17.2 Å². The van der Waals surface area contributed by atoms with E-state index < -0.39 is 5.92 Å². The minimum atomic E-state index is -0.429. The number of nitrogens with one attached hydrogen (secondary N) is 1. The summed E-state index contributed by atoms with van der Waals surface area (Å²) in [4.78, 5) is 20.7. The van der Waals surface area contributed by atoms with E-state index in [4.69, 9.17) is 0 Å². The van der Waals surface area contributed by atoms with Crippen molar-refractivity contribution in [1.82, 2.24) is 15.2 Å². The Bertz CT molecular complexity index is 867. The molecular weight excluding hydrogens is 373 g/mol. The van der Waals surface area contributed by atoms with Gasteiger partial charge in [0.1, 0.15) is 5.82 Å². The molecule has 1 aromatic carbocycles. The first kappa shape index (κ1) is 20.2. The van der Waals surface area contributed by atoms with E-state index in [1.807, 2.05) is 43.7 Å². The Morgan fingerprint density at radius 2 is 1.93 bits per heavy atom. The summed E-state index contributed by atoms with van der Waals surface area (Å²) in [5, 5.41) is 5.13. The van der Waals surface area contributed by atoms with E-state index in [1.165, 1.54) is 17.0 Å². The number of halogens is 1. The van der Waals surface area contributed by atoms with Gasteiger partial charge in [-0.3, -0.25) is 9.78 Å². The van der Waals surface area contributed by atoms with Gasteiger partial charge in [0, 0.05) is 29.7 Å². The second-order valence-corrected chi connectivity index (χ2v) is 7.85. The average Bonchev–Trinajstić information content (AvgIpc) is 3.22. The zero-order valence-electron chi connectivity index (χ0n) is 16.0. The molecule has 2 aromatic heterocycles. The molecule has 2 unspecified atom stereocenters. The van der Waals surface area contributed by atoms with Gasteiger partial charge >= 0.3 is 0 Å². The predicted octanol–water partition coefficient (Wildman–Crippen LogP) is 4.03. The lowest BCUT2D eigenvalue weighted by Crippen LogP contribution is -2.37. The maximum Gasteiger partial charge on any atom is 0.228 e. The molecule has 146 valence electrons. The summed E-state index contributed by atoms with van der Waals surface area (Å²) < 4.78 is 13.4. The Morgan fingerprint density at radius 1 is 1.14 bits per heavy atom. The fourth-order valence-electron chi connectivity index (χ4n) is 3.12. The quantitative estimate of drug-likeness (QED) is 0.624. The molecule has 2 atom stereocenters. The number of likely N-dealkylation sites (N-methyl/N-ethyl adjacent to an activating group) is 1. The van der Waals surface area contributed by atoms with Gasteiger partial charge in [0.2, 0.25) is 5.91 Å². The summed E-state index contributed by atoms with van der Waals surface area (Å²) >= 11 is 1.68. The molecule has 2 heterocycles. The molecule has 0 bridgehead atoms. The fraction of sp³-hybridized carbons (Fsp3) is 0.273. The number of aromatic nitrogens is 1. The number of thiophene rings is 1. The van der Waals surface area contributed by atoms with Gasteiger partial charge in [-0.15, -0.1) is 11.3 Å². The molecular formula is C22H24FN3OS. The predicted molar refractivity (Wildman–Crippen MR) is 111 cm³/mol. The Labute approximate surface area is 169 Å². The summed E-state index contributed by atoms with van der Waals surface area (Å²) in [6, 6.07) is 16.0. The molecule has 0 radical (unpaired) electrons. The molecule has 0 aliphatic rings. The lowest BCUT2D eigenvalue weighted by atomic mass is 9.93. The molecule has 4 nitrogen and oxygen atoms in total. The fourth-order valence-corrected chi connectivity index (χ4v) is 4.05. The van der Waals surface area contributed by atoms with E-state index in [0.29, 0.717) is 13.0 Å². The van der Waals surface area contributed by atoms with Gasteiger partial charge in [0.05, 0.1) is 12.0 Å². The van der Waals surface area contributed by atoms with Crippen LogP contribution in [0.25, 0.3) is 0 Å². The van der Waals surface area contributed by atoms with Crippen LogP contribution in [0.2, 0.25) is 0 Å². The van der Waals surface area contributed by atoms with Gasteiger partial charge in [-0.05, 0) is 55.4 Å². The summed E-state index contributed by atoms with van der Waals surface area (Å²) in [6.45, 7) is 0.506. The topological polar surface area (TPSA) is 45.2 Å².